The molecule has 0 aliphatic rings. The number of rotatable bonds is 4. The number of nitrogens with two attached hydrogens (primary N) is 1. The highest BCUT2D eigenvalue weighted by atomic mass is 16.1. The monoisotopic (exact) mass is 191 g/mol. The van der Waals surface area contributed by atoms with Crippen LogP contribution in [0.3, 0.4) is 0 Å². The molecule has 0 amide bonds. The Hall–Kier alpha value is -1.76. The highest BCUT2D eigenvalue weighted by Crippen LogP contribution is 2.13. The summed E-state index contributed by atoms with van der Waals surface area (Å²) in [6.45, 7) is 0. The maximum absolute atomic E-state index is 11.6. The molecule has 4 nitrogen and oxygen atoms in total. The third kappa shape index (κ3) is 2.13. The number of carbonyl (C=O) groups excluding carboxylic acids is 1. The van der Waals surface area contributed by atoms with Crippen LogP contribution in [-0.2, 0) is 7.05 Å². The van der Waals surface area contributed by atoms with E-state index in [1.165, 1.54) is 10.9 Å². The van der Waals surface area contributed by atoms with Crippen molar-refractivity contribution in [3.63, 3.8) is 0 Å². The molecule has 74 valence electrons. The number of ketones is 1. The average molecular weight is 191 g/mol. The predicted octanol–water partition coefficient (Wildman–Crippen LogP) is 0.988. The van der Waals surface area contributed by atoms with Crippen molar-refractivity contribution in [2.24, 2.45) is 7.05 Å². The number of hydrogen-bond donors (Lipinski definition) is 1. The van der Waals surface area contributed by atoms with E-state index < -0.39 is 0 Å². The number of carbonyl (C=O) groups is 1. The summed E-state index contributed by atoms with van der Waals surface area (Å²) in [5.41, 5.74) is 6.14. The Labute approximate surface area is 83.1 Å². The normalized spacial score (nSPS) is 9.71. The number of hydrogen-bond acceptors (Lipinski definition) is 3. The zero-order valence-electron chi connectivity index (χ0n) is 8.16. The first-order valence-electron chi connectivity index (χ1n) is 4.41. The minimum atomic E-state index is 0.00542. The Morgan fingerprint density at radius 2 is 2.50 bits per heavy atom. The second kappa shape index (κ2) is 4.47. The Morgan fingerprint density at radius 3 is 3.00 bits per heavy atom. The molecule has 0 bridgehead atoms. The molecule has 1 aromatic rings. The van der Waals surface area contributed by atoms with Gasteiger partial charge in [0.15, 0.2) is 5.78 Å². The summed E-state index contributed by atoms with van der Waals surface area (Å²) in [6.07, 6.45) is 8.32. The molecule has 0 spiro atoms. The quantitative estimate of drug-likeness (QED) is 0.438. The summed E-state index contributed by atoms with van der Waals surface area (Å²) in [5.74, 6) is 2.91. The molecule has 0 aliphatic carbocycles. The number of anilines is 1. The van der Waals surface area contributed by atoms with E-state index in [0.29, 0.717) is 30.6 Å². The van der Waals surface area contributed by atoms with Crippen LogP contribution in [0.25, 0.3) is 0 Å². The molecule has 4 heteroatoms. The van der Waals surface area contributed by atoms with Gasteiger partial charge in [-0.3, -0.25) is 9.48 Å². The van der Waals surface area contributed by atoms with Crippen molar-refractivity contribution < 1.29 is 4.79 Å². The molecule has 1 heterocycles. The maximum Gasteiger partial charge on any atom is 0.168 e. The fourth-order valence-corrected chi connectivity index (χ4v) is 1.15. The number of aryl methyl sites for hydroxylation is 1. The third-order valence-electron chi connectivity index (χ3n) is 2.01. The lowest BCUT2D eigenvalue weighted by atomic mass is 10.1. The van der Waals surface area contributed by atoms with Gasteiger partial charge in [0.1, 0.15) is 5.82 Å². The summed E-state index contributed by atoms with van der Waals surface area (Å²) in [7, 11) is 1.70. The van der Waals surface area contributed by atoms with Gasteiger partial charge >= 0.3 is 0 Å². The number of nitrogen functional groups attached to an aromatic ring is 1. The van der Waals surface area contributed by atoms with Crippen LogP contribution < -0.4 is 5.73 Å². The third-order valence-corrected chi connectivity index (χ3v) is 2.01. The molecule has 0 radical (unpaired) electrons. The highest BCUT2D eigenvalue weighted by Gasteiger charge is 2.12. The second-order valence-electron chi connectivity index (χ2n) is 3.05. The summed E-state index contributed by atoms with van der Waals surface area (Å²) in [5, 5.41) is 3.90. The molecule has 0 aliphatic heterocycles. The minimum absolute atomic E-state index is 0.00542. The Balaban J connectivity index is 2.62. The number of unbranched alkanes of at least 4 members (excludes halogenated alkanes) is 1. The van der Waals surface area contributed by atoms with E-state index in [4.69, 9.17) is 12.2 Å². The fraction of sp³-hybridized carbons (Fsp3) is 0.400. The van der Waals surface area contributed by atoms with Gasteiger partial charge in [-0.05, 0) is 6.42 Å². The lowest BCUT2D eigenvalue weighted by Gasteiger charge is -1.98. The van der Waals surface area contributed by atoms with Crippen molar-refractivity contribution in [1.82, 2.24) is 9.78 Å². The fourth-order valence-electron chi connectivity index (χ4n) is 1.15. The smallest absolute Gasteiger partial charge is 0.168 e. The molecule has 0 atom stereocenters. The average Bonchev–Trinajstić information content (AvgIpc) is 2.48. The lowest BCUT2D eigenvalue weighted by molar-refractivity contribution is 0.0981. The van der Waals surface area contributed by atoms with Gasteiger partial charge in [0.2, 0.25) is 0 Å². The van der Waals surface area contributed by atoms with Crippen LogP contribution in [0.2, 0.25) is 0 Å². The first-order valence-corrected chi connectivity index (χ1v) is 4.41. The Bertz CT molecular complexity index is 373. The highest BCUT2D eigenvalue weighted by molar-refractivity contribution is 5.99. The van der Waals surface area contributed by atoms with Gasteiger partial charge < -0.3 is 5.73 Å². The van der Waals surface area contributed by atoms with Gasteiger partial charge in [-0.2, -0.15) is 5.10 Å². The molecular formula is C10H13N3O. The second-order valence-corrected chi connectivity index (χ2v) is 3.05. The first kappa shape index (κ1) is 10.3. The van der Waals surface area contributed by atoms with Crippen LogP contribution >= 0.6 is 0 Å². The molecule has 2 N–H and O–H groups in total. The van der Waals surface area contributed by atoms with Crippen LogP contribution in [0, 0.1) is 12.3 Å². The number of nitrogens with zero attached hydrogens (tertiary/aromatic N) is 2. The molecule has 1 aromatic heterocycles. The minimum Gasteiger partial charge on any atom is -0.383 e. The van der Waals surface area contributed by atoms with Gasteiger partial charge in [0, 0.05) is 19.9 Å². The van der Waals surface area contributed by atoms with Gasteiger partial charge in [-0.25, -0.2) is 0 Å². The summed E-state index contributed by atoms with van der Waals surface area (Å²) < 4.78 is 1.48. The van der Waals surface area contributed by atoms with E-state index in [9.17, 15) is 4.79 Å². The number of Topliss-reactive ketones (excluding diaryl/α,β-unsaturated/α-hetero) is 1. The summed E-state index contributed by atoms with van der Waals surface area (Å²) >= 11 is 0. The van der Waals surface area contributed by atoms with Crippen LogP contribution in [0.5, 0.6) is 0 Å². The van der Waals surface area contributed by atoms with E-state index in [2.05, 4.69) is 11.0 Å². The van der Waals surface area contributed by atoms with Crippen LogP contribution in [0.4, 0.5) is 5.82 Å². The van der Waals surface area contributed by atoms with Crippen molar-refractivity contribution in [3.8, 4) is 12.3 Å². The van der Waals surface area contributed by atoms with Crippen molar-refractivity contribution in [1.29, 1.82) is 0 Å². The molecule has 0 fully saturated rings. The van der Waals surface area contributed by atoms with Crippen molar-refractivity contribution in [3.05, 3.63) is 11.8 Å². The lowest BCUT2D eigenvalue weighted by Crippen LogP contribution is -2.04. The van der Waals surface area contributed by atoms with Gasteiger partial charge in [0.05, 0.1) is 11.8 Å². The summed E-state index contributed by atoms with van der Waals surface area (Å²) in [6, 6.07) is 0. The van der Waals surface area contributed by atoms with E-state index in [-0.39, 0.29) is 5.78 Å². The molecule has 0 saturated carbocycles. The molecular weight excluding hydrogens is 178 g/mol. The van der Waals surface area contributed by atoms with Crippen molar-refractivity contribution in [2.75, 3.05) is 5.73 Å². The number of aromatic nitrogens is 2. The molecule has 0 saturated heterocycles. The standard InChI is InChI=1S/C10H13N3O/c1-3-4-5-6-9(14)8-7-12-13(2)10(8)11/h1,7H,4-6,11H2,2H3. The van der Waals surface area contributed by atoms with Crippen LogP contribution in [-0.4, -0.2) is 15.6 Å². The maximum atomic E-state index is 11.6. The molecule has 0 aromatic carbocycles. The van der Waals surface area contributed by atoms with Crippen molar-refractivity contribution >= 4 is 11.6 Å². The van der Waals surface area contributed by atoms with Gasteiger partial charge in [-0.1, -0.05) is 0 Å². The van der Waals surface area contributed by atoms with Gasteiger partial charge in [0.25, 0.3) is 0 Å². The van der Waals surface area contributed by atoms with Crippen LogP contribution in [0.1, 0.15) is 29.6 Å². The van der Waals surface area contributed by atoms with Crippen molar-refractivity contribution in [2.45, 2.75) is 19.3 Å². The zero-order valence-corrected chi connectivity index (χ0v) is 8.16. The van der Waals surface area contributed by atoms with E-state index in [1.54, 1.807) is 7.05 Å². The number of terminal acetylenes is 1. The first-order chi connectivity index (χ1) is 6.66. The van der Waals surface area contributed by atoms with E-state index >= 15 is 0 Å². The molecule has 0 unspecified atom stereocenters. The van der Waals surface area contributed by atoms with E-state index in [0.717, 1.165) is 0 Å². The Kier molecular flexibility index (Phi) is 3.29. The van der Waals surface area contributed by atoms with E-state index in [1.807, 2.05) is 0 Å². The predicted molar refractivity (Wildman–Crippen MR) is 54.6 cm³/mol. The Morgan fingerprint density at radius 1 is 1.79 bits per heavy atom. The summed E-state index contributed by atoms with van der Waals surface area (Å²) in [4.78, 5) is 11.6. The SMILES string of the molecule is C#CCCCC(=O)c1cnn(C)c1N. The topological polar surface area (TPSA) is 60.9 Å². The largest absolute Gasteiger partial charge is 0.383 e. The molecule has 14 heavy (non-hydrogen) atoms. The van der Waals surface area contributed by atoms with Gasteiger partial charge in [-0.15, -0.1) is 12.3 Å². The molecule has 1 rings (SSSR count). The zero-order chi connectivity index (χ0) is 10.6. The van der Waals surface area contributed by atoms with Crippen LogP contribution in [0.15, 0.2) is 6.20 Å².